The van der Waals surface area contributed by atoms with Crippen molar-refractivity contribution >= 4 is 27.0 Å². The van der Waals surface area contributed by atoms with Crippen molar-refractivity contribution in [2.75, 3.05) is 13.1 Å². The lowest BCUT2D eigenvalue weighted by molar-refractivity contribution is -0.121. The van der Waals surface area contributed by atoms with E-state index in [2.05, 4.69) is 12.2 Å². The second-order valence-corrected chi connectivity index (χ2v) is 10.4. The first kappa shape index (κ1) is 22.3. The molecule has 0 spiro atoms. The van der Waals surface area contributed by atoms with E-state index >= 15 is 0 Å². The maximum Gasteiger partial charge on any atom is 0.420 e. The topological polar surface area (TPSA) is 102 Å². The van der Waals surface area contributed by atoms with Crippen LogP contribution in [0.2, 0.25) is 0 Å². The van der Waals surface area contributed by atoms with Crippen molar-refractivity contribution < 1.29 is 17.6 Å². The molecule has 8 nitrogen and oxygen atoms in total. The Balaban J connectivity index is 1.50. The lowest BCUT2D eigenvalue weighted by Crippen LogP contribution is -2.37. The highest BCUT2D eigenvalue weighted by Gasteiger charge is 2.29. The van der Waals surface area contributed by atoms with E-state index in [1.807, 2.05) is 31.2 Å². The number of nitrogens with one attached hydrogen (secondary N) is 1. The number of rotatable bonds is 6. The largest absolute Gasteiger partial charge is 0.420 e. The molecule has 0 saturated carbocycles. The molecule has 9 heteroatoms. The Morgan fingerprint density at radius 3 is 2.50 bits per heavy atom. The average molecular weight is 458 g/mol. The number of nitrogens with zero attached hydrogens (tertiary/aromatic N) is 2. The summed E-state index contributed by atoms with van der Waals surface area (Å²) in [6, 6.07) is 12.1. The van der Waals surface area contributed by atoms with Crippen molar-refractivity contribution in [1.29, 1.82) is 0 Å². The number of piperidine rings is 1. The summed E-state index contributed by atoms with van der Waals surface area (Å²) in [5.74, 6) is -0.533. The van der Waals surface area contributed by atoms with Crippen LogP contribution in [0, 0.1) is 12.8 Å². The summed E-state index contributed by atoms with van der Waals surface area (Å²) in [4.78, 5) is 24.8. The summed E-state index contributed by atoms with van der Waals surface area (Å²) in [5.41, 5.74) is 2.61. The van der Waals surface area contributed by atoms with E-state index < -0.39 is 15.8 Å². The Labute approximate surface area is 186 Å². The first-order valence-electron chi connectivity index (χ1n) is 10.7. The number of benzene rings is 2. The molecule has 3 aromatic rings. The van der Waals surface area contributed by atoms with Gasteiger partial charge in [0.25, 0.3) is 0 Å². The van der Waals surface area contributed by atoms with Gasteiger partial charge in [0.15, 0.2) is 5.58 Å². The summed E-state index contributed by atoms with van der Waals surface area (Å²) >= 11 is 0. The summed E-state index contributed by atoms with van der Waals surface area (Å²) < 4.78 is 33.9. The number of amides is 1. The predicted molar refractivity (Wildman–Crippen MR) is 121 cm³/mol. The third kappa shape index (κ3) is 4.63. The van der Waals surface area contributed by atoms with Gasteiger partial charge in [-0.25, -0.2) is 13.2 Å². The van der Waals surface area contributed by atoms with Gasteiger partial charge in [0.1, 0.15) is 6.54 Å². The van der Waals surface area contributed by atoms with Crippen LogP contribution in [0.4, 0.5) is 0 Å². The van der Waals surface area contributed by atoms with Gasteiger partial charge in [0.2, 0.25) is 15.9 Å². The number of fused-ring (bicyclic) bond motifs is 1. The molecule has 32 heavy (non-hydrogen) atoms. The highest BCUT2D eigenvalue weighted by molar-refractivity contribution is 7.89. The van der Waals surface area contributed by atoms with Gasteiger partial charge in [-0.05, 0) is 43.4 Å². The zero-order valence-corrected chi connectivity index (χ0v) is 19.0. The quantitative estimate of drug-likeness (QED) is 0.613. The van der Waals surface area contributed by atoms with Crippen LogP contribution in [-0.2, 0) is 27.9 Å². The molecule has 1 aliphatic rings. The van der Waals surface area contributed by atoms with E-state index in [-0.39, 0.29) is 22.9 Å². The summed E-state index contributed by atoms with van der Waals surface area (Å²) in [6.45, 7) is 5.20. The number of oxazole rings is 1. The number of hydrogen-bond donors (Lipinski definition) is 1. The second kappa shape index (κ2) is 8.91. The molecule has 1 saturated heterocycles. The number of aryl methyl sites for hydroxylation is 1. The highest BCUT2D eigenvalue weighted by Crippen LogP contribution is 2.25. The lowest BCUT2D eigenvalue weighted by Gasteiger charge is -2.29. The monoisotopic (exact) mass is 457 g/mol. The van der Waals surface area contributed by atoms with Crippen molar-refractivity contribution in [2.24, 2.45) is 5.92 Å². The first-order chi connectivity index (χ1) is 15.2. The Kier molecular flexibility index (Phi) is 6.21. The lowest BCUT2D eigenvalue weighted by atomic mass is 10.0. The Bertz CT molecular complexity index is 1280. The molecular formula is C23H27N3O5S. The normalized spacial score (nSPS) is 15.8. The molecule has 170 valence electrons. The molecule has 0 radical (unpaired) electrons. The first-order valence-corrected chi connectivity index (χ1v) is 12.1. The molecule has 0 aliphatic carbocycles. The van der Waals surface area contributed by atoms with Crippen LogP contribution < -0.4 is 11.1 Å². The van der Waals surface area contributed by atoms with Crippen molar-refractivity contribution in [3.63, 3.8) is 0 Å². The van der Waals surface area contributed by atoms with Crippen LogP contribution in [0.15, 0.2) is 56.6 Å². The minimum atomic E-state index is -3.66. The van der Waals surface area contributed by atoms with E-state index in [0.29, 0.717) is 31.1 Å². The summed E-state index contributed by atoms with van der Waals surface area (Å²) in [7, 11) is -3.66. The molecular weight excluding hydrogens is 430 g/mol. The van der Waals surface area contributed by atoms with Gasteiger partial charge in [-0.3, -0.25) is 9.36 Å². The zero-order valence-electron chi connectivity index (χ0n) is 18.2. The molecule has 2 aromatic carbocycles. The van der Waals surface area contributed by atoms with Gasteiger partial charge < -0.3 is 9.73 Å². The van der Waals surface area contributed by atoms with Gasteiger partial charge in [-0.2, -0.15) is 4.31 Å². The van der Waals surface area contributed by atoms with Crippen LogP contribution in [0.3, 0.4) is 0 Å². The highest BCUT2D eigenvalue weighted by atomic mass is 32.2. The van der Waals surface area contributed by atoms with E-state index in [9.17, 15) is 18.0 Å². The van der Waals surface area contributed by atoms with Gasteiger partial charge in [0.05, 0.1) is 10.4 Å². The SMILES string of the molecule is Cc1ccc(CNC(=O)Cn2c(=O)oc3cc(S(=O)(=O)N4CCC(C)CC4)ccc32)cc1. The van der Waals surface area contributed by atoms with Gasteiger partial charge in [-0.15, -0.1) is 0 Å². The Morgan fingerprint density at radius 2 is 1.81 bits per heavy atom. The van der Waals surface area contributed by atoms with Crippen molar-refractivity contribution in [3.05, 3.63) is 64.1 Å². The molecule has 0 atom stereocenters. The molecule has 1 amide bonds. The molecule has 2 heterocycles. The van der Waals surface area contributed by atoms with Crippen LogP contribution >= 0.6 is 0 Å². The maximum absolute atomic E-state index is 13.0. The minimum absolute atomic E-state index is 0.0873. The van der Waals surface area contributed by atoms with E-state index in [0.717, 1.165) is 24.0 Å². The number of hydrogen-bond acceptors (Lipinski definition) is 5. The van der Waals surface area contributed by atoms with E-state index in [1.54, 1.807) is 0 Å². The summed E-state index contributed by atoms with van der Waals surface area (Å²) in [5, 5.41) is 2.79. The Morgan fingerprint density at radius 1 is 1.12 bits per heavy atom. The smallest absolute Gasteiger partial charge is 0.408 e. The molecule has 1 N–H and O–H groups in total. The summed E-state index contributed by atoms with van der Waals surface area (Å²) in [6.07, 6.45) is 1.65. The third-order valence-corrected chi connectivity index (χ3v) is 7.83. The van der Waals surface area contributed by atoms with Crippen molar-refractivity contribution in [3.8, 4) is 0 Å². The molecule has 0 bridgehead atoms. The van der Waals surface area contributed by atoms with Gasteiger partial charge in [0, 0.05) is 25.7 Å². The van der Waals surface area contributed by atoms with E-state index in [1.165, 1.54) is 27.1 Å². The fourth-order valence-corrected chi connectivity index (χ4v) is 5.32. The van der Waals surface area contributed by atoms with Crippen LogP contribution in [-0.4, -0.2) is 36.3 Å². The minimum Gasteiger partial charge on any atom is -0.408 e. The fraction of sp³-hybridized carbons (Fsp3) is 0.391. The number of carbonyl (C=O) groups excluding carboxylic acids is 1. The van der Waals surface area contributed by atoms with E-state index in [4.69, 9.17) is 4.42 Å². The molecule has 4 rings (SSSR count). The standard InChI is InChI=1S/C23H27N3O5S/c1-16-3-5-18(6-4-16)14-24-22(27)15-26-20-8-7-19(13-21(20)31-23(26)28)32(29,30)25-11-9-17(2)10-12-25/h3-8,13,17H,9-12,14-15H2,1-2H3,(H,24,27). The molecule has 1 fully saturated rings. The van der Waals surface area contributed by atoms with Gasteiger partial charge >= 0.3 is 5.76 Å². The van der Waals surface area contributed by atoms with Gasteiger partial charge in [-0.1, -0.05) is 36.8 Å². The van der Waals surface area contributed by atoms with Crippen molar-refractivity contribution in [1.82, 2.24) is 14.2 Å². The average Bonchev–Trinajstić information content (AvgIpc) is 3.08. The number of carbonyl (C=O) groups is 1. The Hall–Kier alpha value is -2.91. The fourth-order valence-electron chi connectivity index (χ4n) is 3.84. The number of aromatic nitrogens is 1. The molecule has 0 unspecified atom stereocenters. The number of sulfonamides is 1. The maximum atomic E-state index is 13.0. The molecule has 1 aliphatic heterocycles. The van der Waals surface area contributed by atoms with Crippen LogP contribution in [0.25, 0.3) is 11.1 Å². The second-order valence-electron chi connectivity index (χ2n) is 8.43. The van der Waals surface area contributed by atoms with Crippen LogP contribution in [0.5, 0.6) is 0 Å². The zero-order chi connectivity index (χ0) is 22.9. The van der Waals surface area contributed by atoms with Crippen molar-refractivity contribution in [2.45, 2.75) is 44.7 Å². The van der Waals surface area contributed by atoms with Crippen LogP contribution in [0.1, 0.15) is 30.9 Å². The third-order valence-electron chi connectivity index (χ3n) is 5.93. The molecule has 1 aromatic heterocycles. The predicted octanol–water partition coefficient (Wildman–Crippen LogP) is 2.64.